The van der Waals surface area contributed by atoms with Crippen LogP contribution in [0.25, 0.3) is 0 Å². The molecule has 0 aliphatic carbocycles. The first kappa shape index (κ1) is 16.6. The normalized spacial score (nSPS) is 18.8. The molecule has 1 atom stereocenters. The molecule has 1 unspecified atom stereocenters. The molecule has 2 rings (SSSR count). The van der Waals surface area contributed by atoms with E-state index in [0.29, 0.717) is 12.1 Å². The zero-order chi connectivity index (χ0) is 16.3. The predicted octanol–water partition coefficient (Wildman–Crippen LogP) is 3.16. The molecule has 118 valence electrons. The van der Waals surface area contributed by atoms with Gasteiger partial charge in [-0.1, -0.05) is 42.5 Å². The standard InChI is InChI=1S/C17H21NO3S/c1-17(2,16(20)21)13-10-6-7-11-18(13)15(22)14(19)12-8-4-3-5-9-12/h3-5,8-9,13H,6-7,10-11H2,1-2H3,(H,20,21). The Kier molecular flexibility index (Phi) is 4.96. The molecule has 1 N–H and O–H groups in total. The number of hydrogen-bond donors (Lipinski definition) is 1. The van der Waals surface area contributed by atoms with Crippen molar-refractivity contribution in [1.82, 2.24) is 4.90 Å². The molecule has 1 aromatic carbocycles. The topological polar surface area (TPSA) is 57.6 Å². The van der Waals surface area contributed by atoms with E-state index in [9.17, 15) is 14.7 Å². The van der Waals surface area contributed by atoms with Crippen molar-refractivity contribution in [1.29, 1.82) is 0 Å². The largest absolute Gasteiger partial charge is 0.481 e. The smallest absolute Gasteiger partial charge is 0.311 e. The summed E-state index contributed by atoms with van der Waals surface area (Å²) in [6.45, 7) is 4.04. The van der Waals surface area contributed by atoms with Crippen molar-refractivity contribution in [2.75, 3.05) is 6.54 Å². The molecule has 0 bridgehead atoms. The van der Waals surface area contributed by atoms with E-state index in [4.69, 9.17) is 12.2 Å². The lowest BCUT2D eigenvalue weighted by molar-refractivity contribution is -0.150. The van der Waals surface area contributed by atoms with Gasteiger partial charge in [0.05, 0.1) is 5.41 Å². The average Bonchev–Trinajstić information content (AvgIpc) is 2.54. The van der Waals surface area contributed by atoms with Crippen molar-refractivity contribution < 1.29 is 14.7 Å². The third-order valence-corrected chi connectivity index (χ3v) is 4.80. The summed E-state index contributed by atoms with van der Waals surface area (Å²) in [4.78, 5) is 26.2. The van der Waals surface area contributed by atoms with Crippen LogP contribution in [0.3, 0.4) is 0 Å². The zero-order valence-electron chi connectivity index (χ0n) is 12.9. The second-order valence-electron chi connectivity index (χ2n) is 6.23. The summed E-state index contributed by atoms with van der Waals surface area (Å²) in [5, 5.41) is 9.49. The van der Waals surface area contributed by atoms with Crippen LogP contribution in [-0.2, 0) is 4.79 Å². The van der Waals surface area contributed by atoms with Gasteiger partial charge in [0, 0.05) is 18.2 Å². The number of rotatable bonds is 4. The van der Waals surface area contributed by atoms with Crippen LogP contribution in [-0.4, -0.2) is 39.3 Å². The first-order valence-electron chi connectivity index (χ1n) is 7.49. The fourth-order valence-corrected chi connectivity index (χ4v) is 3.25. The number of likely N-dealkylation sites (tertiary alicyclic amines) is 1. The molecule has 0 saturated carbocycles. The molecule has 1 saturated heterocycles. The highest BCUT2D eigenvalue weighted by molar-refractivity contribution is 7.82. The summed E-state index contributed by atoms with van der Waals surface area (Å²) in [6.07, 6.45) is 2.62. The molecule has 1 aromatic rings. The Balaban J connectivity index is 2.26. The maximum Gasteiger partial charge on any atom is 0.311 e. The van der Waals surface area contributed by atoms with E-state index in [1.54, 1.807) is 38.1 Å². The molecule has 1 aliphatic rings. The molecule has 22 heavy (non-hydrogen) atoms. The lowest BCUT2D eigenvalue weighted by Gasteiger charge is -2.43. The van der Waals surface area contributed by atoms with Gasteiger partial charge >= 0.3 is 5.97 Å². The van der Waals surface area contributed by atoms with Crippen molar-refractivity contribution in [3.05, 3.63) is 35.9 Å². The molecule has 0 amide bonds. The van der Waals surface area contributed by atoms with Crippen LogP contribution in [0.15, 0.2) is 30.3 Å². The molecule has 0 radical (unpaired) electrons. The highest BCUT2D eigenvalue weighted by atomic mass is 32.1. The van der Waals surface area contributed by atoms with E-state index in [-0.39, 0.29) is 16.8 Å². The number of hydrogen-bond acceptors (Lipinski definition) is 3. The van der Waals surface area contributed by atoms with Crippen molar-refractivity contribution in [2.45, 2.75) is 39.2 Å². The van der Waals surface area contributed by atoms with Crippen LogP contribution in [0.4, 0.5) is 0 Å². The van der Waals surface area contributed by atoms with Gasteiger partial charge in [-0.2, -0.15) is 0 Å². The molecule has 1 aliphatic heterocycles. The second-order valence-corrected chi connectivity index (χ2v) is 6.62. The number of piperidine rings is 1. The fourth-order valence-electron chi connectivity index (χ4n) is 2.91. The third-order valence-electron chi connectivity index (χ3n) is 4.38. The van der Waals surface area contributed by atoms with Gasteiger partial charge in [0.2, 0.25) is 5.78 Å². The molecule has 4 nitrogen and oxygen atoms in total. The van der Waals surface area contributed by atoms with E-state index in [2.05, 4.69) is 0 Å². The highest BCUT2D eigenvalue weighted by Crippen LogP contribution is 2.33. The SMILES string of the molecule is CC(C)(C(=O)O)C1CCCCN1C(=S)C(=O)c1ccccc1. The summed E-state index contributed by atoms with van der Waals surface area (Å²) >= 11 is 5.39. The molecule has 0 aromatic heterocycles. The van der Waals surface area contributed by atoms with Gasteiger partial charge in [-0.15, -0.1) is 0 Å². The minimum atomic E-state index is -0.943. The molecule has 1 fully saturated rings. The number of Topliss-reactive ketones (excluding diaryl/α,β-unsaturated/α-hetero) is 1. The van der Waals surface area contributed by atoms with Gasteiger partial charge in [-0.3, -0.25) is 9.59 Å². The molecular weight excluding hydrogens is 298 g/mol. The zero-order valence-corrected chi connectivity index (χ0v) is 13.7. The van der Waals surface area contributed by atoms with Crippen molar-refractivity contribution in [2.24, 2.45) is 5.41 Å². The van der Waals surface area contributed by atoms with Crippen molar-refractivity contribution in [3.63, 3.8) is 0 Å². The lowest BCUT2D eigenvalue weighted by Crippen LogP contribution is -2.54. The maximum absolute atomic E-state index is 12.6. The number of benzene rings is 1. The van der Waals surface area contributed by atoms with Gasteiger partial charge < -0.3 is 10.0 Å². The monoisotopic (exact) mass is 319 g/mol. The average molecular weight is 319 g/mol. The highest BCUT2D eigenvalue weighted by Gasteiger charge is 2.43. The lowest BCUT2D eigenvalue weighted by atomic mass is 9.78. The number of carbonyl (C=O) groups is 2. The number of thiocarbonyl (C=S) groups is 1. The maximum atomic E-state index is 12.6. The Hall–Kier alpha value is -1.75. The Morgan fingerprint density at radius 1 is 1.23 bits per heavy atom. The minimum Gasteiger partial charge on any atom is -0.481 e. The Morgan fingerprint density at radius 3 is 2.45 bits per heavy atom. The first-order chi connectivity index (χ1) is 10.4. The molecule has 5 heteroatoms. The van der Waals surface area contributed by atoms with Crippen LogP contribution < -0.4 is 0 Å². The Bertz CT molecular complexity index is 583. The first-order valence-corrected chi connectivity index (χ1v) is 7.90. The van der Waals surface area contributed by atoms with Crippen LogP contribution >= 0.6 is 12.2 Å². The van der Waals surface area contributed by atoms with Gasteiger partial charge in [0.15, 0.2) is 4.99 Å². The van der Waals surface area contributed by atoms with Crippen LogP contribution in [0, 0.1) is 5.41 Å². The van der Waals surface area contributed by atoms with Crippen LogP contribution in [0.2, 0.25) is 0 Å². The van der Waals surface area contributed by atoms with Gasteiger partial charge in [-0.05, 0) is 33.1 Å². The van der Waals surface area contributed by atoms with Gasteiger partial charge in [0.25, 0.3) is 0 Å². The number of nitrogens with zero attached hydrogens (tertiary/aromatic N) is 1. The van der Waals surface area contributed by atoms with Crippen LogP contribution in [0.1, 0.15) is 43.5 Å². The number of carbonyl (C=O) groups excluding carboxylic acids is 1. The molecule has 0 spiro atoms. The van der Waals surface area contributed by atoms with Crippen molar-refractivity contribution in [3.8, 4) is 0 Å². The van der Waals surface area contributed by atoms with Gasteiger partial charge in [0.1, 0.15) is 0 Å². The second kappa shape index (κ2) is 6.57. The summed E-state index contributed by atoms with van der Waals surface area (Å²) in [7, 11) is 0. The Labute approximate surface area is 136 Å². The van der Waals surface area contributed by atoms with E-state index >= 15 is 0 Å². The number of ketones is 1. The van der Waals surface area contributed by atoms with E-state index in [0.717, 1.165) is 19.3 Å². The molecular formula is C17H21NO3S. The quantitative estimate of drug-likeness (QED) is 0.682. The summed E-state index contributed by atoms with van der Waals surface area (Å²) in [6, 6.07) is 8.65. The number of carboxylic acids is 1. The number of aliphatic carboxylic acids is 1. The number of carboxylic acid groups (broad SMARTS) is 1. The van der Waals surface area contributed by atoms with E-state index in [1.165, 1.54) is 0 Å². The third kappa shape index (κ3) is 3.19. The molecule has 1 heterocycles. The Morgan fingerprint density at radius 2 is 1.86 bits per heavy atom. The predicted molar refractivity (Wildman–Crippen MR) is 89.1 cm³/mol. The van der Waals surface area contributed by atoms with Crippen LogP contribution in [0.5, 0.6) is 0 Å². The van der Waals surface area contributed by atoms with E-state index in [1.807, 2.05) is 11.0 Å². The van der Waals surface area contributed by atoms with E-state index < -0.39 is 11.4 Å². The fraction of sp³-hybridized carbons (Fsp3) is 0.471. The van der Waals surface area contributed by atoms with Gasteiger partial charge in [-0.25, -0.2) is 0 Å². The summed E-state index contributed by atoms with van der Waals surface area (Å²) in [5.74, 6) is -1.07. The summed E-state index contributed by atoms with van der Waals surface area (Å²) < 4.78 is 0. The van der Waals surface area contributed by atoms with Crippen molar-refractivity contribution >= 4 is 29.0 Å². The minimum absolute atomic E-state index is 0.205. The summed E-state index contributed by atoms with van der Waals surface area (Å²) in [5.41, 5.74) is -0.397.